The monoisotopic (exact) mass is 330 g/mol. The second-order valence-corrected chi connectivity index (χ2v) is 5.51. The number of ether oxygens (including phenoxy) is 2. The normalized spacial score (nSPS) is 16.9. The van der Waals surface area contributed by atoms with E-state index in [9.17, 15) is 9.59 Å². The van der Waals surface area contributed by atoms with Gasteiger partial charge in [0.25, 0.3) is 5.88 Å². The summed E-state index contributed by atoms with van der Waals surface area (Å²) in [4.78, 5) is 29.0. The quantitative estimate of drug-likeness (QED) is 0.801. The zero-order chi connectivity index (χ0) is 16.9. The summed E-state index contributed by atoms with van der Waals surface area (Å²) in [5.74, 6) is -0.0252. The molecule has 0 aliphatic carbocycles. The highest BCUT2D eigenvalue weighted by atomic mass is 16.6. The summed E-state index contributed by atoms with van der Waals surface area (Å²) in [6.07, 6.45) is 2.41. The Hall–Kier alpha value is -2.83. The van der Waals surface area contributed by atoms with E-state index in [4.69, 9.17) is 13.9 Å². The second kappa shape index (κ2) is 7.16. The van der Waals surface area contributed by atoms with Crippen LogP contribution >= 0.6 is 0 Å². The van der Waals surface area contributed by atoms with E-state index < -0.39 is 12.1 Å². The van der Waals surface area contributed by atoms with Crippen LogP contribution in [0.5, 0.6) is 5.88 Å². The Labute approximate surface area is 139 Å². The number of hydrogen-bond acceptors (Lipinski definition) is 6. The van der Waals surface area contributed by atoms with Gasteiger partial charge in [0.05, 0.1) is 0 Å². The van der Waals surface area contributed by atoms with Crippen molar-refractivity contribution in [2.45, 2.75) is 32.4 Å². The fourth-order valence-electron chi connectivity index (χ4n) is 2.66. The highest BCUT2D eigenvalue weighted by Gasteiger charge is 2.34. The molecular weight excluding hydrogens is 312 g/mol. The summed E-state index contributed by atoms with van der Waals surface area (Å²) < 4.78 is 15.6. The third kappa shape index (κ3) is 3.73. The highest BCUT2D eigenvalue weighted by molar-refractivity contribution is 5.69. The standard InChI is InChI=1S/C17H18N2O5/c1-12(20)24-15-11-22-16(18-15)14-8-5-9-19(14)17(21)23-10-13-6-3-2-4-7-13/h2-4,6-7,11,14H,5,8-10H2,1H3/t14-/m1/s1. The van der Waals surface area contributed by atoms with Crippen molar-refractivity contribution in [1.82, 2.24) is 9.88 Å². The van der Waals surface area contributed by atoms with Crippen molar-refractivity contribution in [1.29, 1.82) is 0 Å². The van der Waals surface area contributed by atoms with Gasteiger partial charge in [-0.2, -0.15) is 4.98 Å². The van der Waals surface area contributed by atoms with Crippen molar-refractivity contribution < 1.29 is 23.5 Å². The molecule has 1 aromatic heterocycles. The van der Waals surface area contributed by atoms with Crippen LogP contribution in [0.15, 0.2) is 41.0 Å². The van der Waals surface area contributed by atoms with Crippen LogP contribution < -0.4 is 4.74 Å². The maximum absolute atomic E-state index is 12.3. The van der Waals surface area contributed by atoms with Crippen molar-refractivity contribution >= 4 is 12.1 Å². The molecule has 1 saturated heterocycles. The third-order valence-corrected chi connectivity index (χ3v) is 3.73. The fraction of sp³-hybridized carbons (Fsp3) is 0.353. The first-order chi connectivity index (χ1) is 11.6. The zero-order valence-electron chi connectivity index (χ0n) is 13.3. The van der Waals surface area contributed by atoms with Crippen molar-refractivity contribution in [2.75, 3.05) is 6.54 Å². The molecule has 0 spiro atoms. The molecule has 2 heterocycles. The van der Waals surface area contributed by atoms with E-state index in [0.29, 0.717) is 12.4 Å². The Morgan fingerprint density at radius 1 is 1.33 bits per heavy atom. The van der Waals surface area contributed by atoms with E-state index in [-0.39, 0.29) is 18.5 Å². The third-order valence-electron chi connectivity index (χ3n) is 3.73. The van der Waals surface area contributed by atoms with E-state index in [1.165, 1.54) is 13.2 Å². The van der Waals surface area contributed by atoms with Crippen molar-refractivity contribution in [3.05, 3.63) is 48.0 Å². The van der Waals surface area contributed by atoms with Crippen LogP contribution in [-0.4, -0.2) is 28.5 Å². The lowest BCUT2D eigenvalue weighted by Crippen LogP contribution is -2.31. The molecule has 2 aromatic rings. The van der Waals surface area contributed by atoms with E-state index in [1.807, 2.05) is 30.3 Å². The minimum atomic E-state index is -0.472. The van der Waals surface area contributed by atoms with Crippen LogP contribution in [0.2, 0.25) is 0 Å². The van der Waals surface area contributed by atoms with Gasteiger partial charge < -0.3 is 13.9 Å². The number of carbonyl (C=O) groups is 2. The van der Waals surface area contributed by atoms with E-state index in [2.05, 4.69) is 4.98 Å². The lowest BCUT2D eigenvalue weighted by Gasteiger charge is -2.21. The molecule has 24 heavy (non-hydrogen) atoms. The van der Waals surface area contributed by atoms with Gasteiger partial charge in [-0.15, -0.1) is 0 Å². The number of amides is 1. The Morgan fingerprint density at radius 3 is 2.88 bits per heavy atom. The van der Waals surface area contributed by atoms with Crippen LogP contribution in [0.25, 0.3) is 0 Å². The Balaban J connectivity index is 1.63. The maximum atomic E-state index is 12.3. The zero-order valence-corrected chi connectivity index (χ0v) is 13.3. The van der Waals surface area contributed by atoms with Crippen LogP contribution in [0, 0.1) is 0 Å². The molecule has 0 bridgehead atoms. The minimum absolute atomic E-state index is 0.0991. The van der Waals surface area contributed by atoms with E-state index >= 15 is 0 Å². The summed E-state index contributed by atoms with van der Waals surface area (Å²) in [7, 11) is 0. The molecule has 3 rings (SSSR count). The number of likely N-dealkylation sites (tertiary alicyclic amines) is 1. The molecule has 7 nitrogen and oxygen atoms in total. The molecule has 1 aliphatic rings. The number of oxazole rings is 1. The molecule has 1 atom stereocenters. The van der Waals surface area contributed by atoms with Crippen LogP contribution in [0.3, 0.4) is 0 Å². The van der Waals surface area contributed by atoms with Gasteiger partial charge in [-0.25, -0.2) is 4.79 Å². The van der Waals surface area contributed by atoms with E-state index in [1.54, 1.807) is 4.90 Å². The first-order valence-electron chi connectivity index (χ1n) is 7.74. The van der Waals surface area contributed by atoms with Gasteiger partial charge in [0, 0.05) is 13.5 Å². The van der Waals surface area contributed by atoms with Crippen molar-refractivity contribution in [2.24, 2.45) is 0 Å². The largest absolute Gasteiger partial charge is 0.445 e. The second-order valence-electron chi connectivity index (χ2n) is 5.51. The predicted molar refractivity (Wildman–Crippen MR) is 83.1 cm³/mol. The molecule has 1 amide bonds. The number of aromatic nitrogens is 1. The summed E-state index contributed by atoms with van der Waals surface area (Å²) in [6, 6.07) is 9.18. The number of rotatable bonds is 4. The van der Waals surface area contributed by atoms with Gasteiger partial charge in [0.15, 0.2) is 6.26 Å². The molecule has 126 valence electrons. The number of hydrogen-bond donors (Lipinski definition) is 0. The van der Waals surface area contributed by atoms with Crippen LogP contribution in [-0.2, 0) is 16.1 Å². The fourth-order valence-corrected chi connectivity index (χ4v) is 2.66. The molecule has 1 fully saturated rings. The van der Waals surface area contributed by atoms with Crippen molar-refractivity contribution in [3.8, 4) is 5.88 Å². The lowest BCUT2D eigenvalue weighted by molar-refractivity contribution is -0.132. The molecule has 0 saturated carbocycles. The van der Waals surface area contributed by atoms with Gasteiger partial charge in [0.2, 0.25) is 5.89 Å². The first kappa shape index (κ1) is 16.0. The topological polar surface area (TPSA) is 81.9 Å². The SMILES string of the molecule is CC(=O)Oc1coc([C@H]2CCCN2C(=O)OCc2ccccc2)n1. The molecule has 0 N–H and O–H groups in total. The number of benzene rings is 1. The number of nitrogens with zero attached hydrogens (tertiary/aromatic N) is 2. The number of carbonyl (C=O) groups excluding carboxylic acids is 2. The minimum Gasteiger partial charge on any atom is -0.445 e. The van der Waals surface area contributed by atoms with Gasteiger partial charge in [-0.3, -0.25) is 9.69 Å². The average molecular weight is 330 g/mol. The van der Waals surface area contributed by atoms with Gasteiger partial charge in [-0.1, -0.05) is 30.3 Å². The van der Waals surface area contributed by atoms with Crippen LogP contribution in [0.1, 0.15) is 37.3 Å². The Kier molecular flexibility index (Phi) is 4.79. The summed E-state index contributed by atoms with van der Waals surface area (Å²) >= 11 is 0. The molecule has 1 aromatic carbocycles. The summed E-state index contributed by atoms with van der Waals surface area (Å²) in [5.41, 5.74) is 0.926. The maximum Gasteiger partial charge on any atom is 0.410 e. The van der Waals surface area contributed by atoms with Crippen molar-refractivity contribution in [3.63, 3.8) is 0 Å². The van der Waals surface area contributed by atoms with Gasteiger partial charge >= 0.3 is 12.1 Å². The molecule has 0 radical (unpaired) electrons. The van der Waals surface area contributed by atoms with E-state index in [0.717, 1.165) is 18.4 Å². The number of esters is 1. The molecular formula is C17H18N2O5. The highest BCUT2D eigenvalue weighted by Crippen LogP contribution is 2.33. The Bertz CT molecular complexity index is 713. The summed E-state index contributed by atoms with van der Waals surface area (Å²) in [5, 5.41) is 0. The Morgan fingerprint density at radius 2 is 2.12 bits per heavy atom. The molecule has 1 aliphatic heterocycles. The average Bonchev–Trinajstić information content (AvgIpc) is 3.22. The smallest absolute Gasteiger partial charge is 0.410 e. The first-order valence-corrected chi connectivity index (χ1v) is 7.74. The van der Waals surface area contributed by atoms with Gasteiger partial charge in [-0.05, 0) is 18.4 Å². The predicted octanol–water partition coefficient (Wildman–Crippen LogP) is 3.07. The summed E-state index contributed by atoms with van der Waals surface area (Å²) in [6.45, 7) is 2.08. The van der Waals surface area contributed by atoms with Crippen LogP contribution in [0.4, 0.5) is 4.79 Å². The molecule has 7 heteroatoms. The lowest BCUT2D eigenvalue weighted by atomic mass is 10.2. The van der Waals surface area contributed by atoms with Gasteiger partial charge in [0.1, 0.15) is 12.6 Å². The molecule has 0 unspecified atom stereocenters.